The van der Waals surface area contributed by atoms with Crippen molar-refractivity contribution in [2.45, 2.75) is 24.8 Å². The second-order valence-corrected chi connectivity index (χ2v) is 6.37. The first-order valence-electron chi connectivity index (χ1n) is 6.39. The molecule has 0 radical (unpaired) electrons. The van der Waals surface area contributed by atoms with Gasteiger partial charge in [0, 0.05) is 5.56 Å². The molecule has 0 spiro atoms. The van der Waals surface area contributed by atoms with E-state index in [1.54, 1.807) is 6.92 Å². The highest BCUT2D eigenvalue weighted by Crippen LogP contribution is 2.14. The third-order valence-corrected chi connectivity index (χ3v) is 4.50. The zero-order valence-electron chi connectivity index (χ0n) is 11.9. The molecule has 1 amide bonds. The van der Waals surface area contributed by atoms with E-state index in [4.69, 9.17) is 0 Å². The molecule has 0 aliphatic heterocycles. The van der Waals surface area contributed by atoms with Crippen molar-refractivity contribution in [3.63, 3.8) is 0 Å². The molecule has 0 unspecified atom stereocenters. The summed E-state index contributed by atoms with van der Waals surface area (Å²) in [7, 11) is -4.14. The number of hydrogen-bond acceptors (Lipinski definition) is 4. The number of aromatic amines is 1. The van der Waals surface area contributed by atoms with E-state index in [1.807, 2.05) is 0 Å². The zero-order chi connectivity index (χ0) is 16.3. The molecule has 0 saturated heterocycles. The third-order valence-electron chi connectivity index (χ3n) is 2.93. The number of aryl methyl sites for hydroxylation is 1. The molecule has 1 aromatic heterocycles. The Morgan fingerprint density at radius 1 is 1.36 bits per heavy atom. The summed E-state index contributed by atoms with van der Waals surface area (Å²) < 4.78 is 39.9. The van der Waals surface area contributed by atoms with Gasteiger partial charge in [-0.1, -0.05) is 12.1 Å². The van der Waals surface area contributed by atoms with Gasteiger partial charge in [0.15, 0.2) is 0 Å². The standard InChI is InChI=1S/C13H15FN4O3S/c1-8-7-15-17-12(8)16-13(19)9(2)18-22(20,21)11-6-4-3-5-10(11)14/h3-7,9,18H,1-2H3,(H2,15,16,17,19)/t9-/m0/s1. The molecule has 2 aromatic rings. The predicted molar refractivity (Wildman–Crippen MR) is 78.1 cm³/mol. The molecule has 0 bridgehead atoms. The first-order chi connectivity index (χ1) is 10.3. The molecule has 3 N–H and O–H groups in total. The quantitative estimate of drug-likeness (QED) is 0.767. The Hall–Kier alpha value is -2.26. The fourth-order valence-corrected chi connectivity index (χ4v) is 3.00. The SMILES string of the molecule is Cc1cn[nH]c1NC(=O)[C@H](C)NS(=O)(=O)c1ccccc1F. The number of hydrogen-bond donors (Lipinski definition) is 3. The van der Waals surface area contributed by atoms with E-state index in [1.165, 1.54) is 25.3 Å². The molecule has 1 heterocycles. The summed E-state index contributed by atoms with van der Waals surface area (Å²) in [5, 5.41) is 8.82. The van der Waals surface area contributed by atoms with Crippen LogP contribution in [0.1, 0.15) is 12.5 Å². The second kappa shape index (κ2) is 6.24. The number of aromatic nitrogens is 2. The lowest BCUT2D eigenvalue weighted by molar-refractivity contribution is -0.117. The molecule has 7 nitrogen and oxygen atoms in total. The van der Waals surface area contributed by atoms with E-state index in [-0.39, 0.29) is 0 Å². The summed E-state index contributed by atoms with van der Waals surface area (Å²) in [5.41, 5.74) is 0.706. The van der Waals surface area contributed by atoms with Crippen molar-refractivity contribution in [1.82, 2.24) is 14.9 Å². The lowest BCUT2D eigenvalue weighted by Gasteiger charge is -2.14. The third kappa shape index (κ3) is 3.49. The van der Waals surface area contributed by atoms with E-state index in [0.717, 1.165) is 12.1 Å². The van der Waals surface area contributed by atoms with Crippen LogP contribution in [0.15, 0.2) is 35.4 Å². The van der Waals surface area contributed by atoms with Crippen molar-refractivity contribution in [2.75, 3.05) is 5.32 Å². The summed E-state index contributed by atoms with van der Waals surface area (Å²) in [6.07, 6.45) is 1.52. The summed E-state index contributed by atoms with van der Waals surface area (Å²) in [4.78, 5) is 11.5. The van der Waals surface area contributed by atoms with Gasteiger partial charge in [0.25, 0.3) is 0 Å². The van der Waals surface area contributed by atoms with Crippen molar-refractivity contribution in [3.8, 4) is 0 Å². The number of benzene rings is 1. The number of rotatable bonds is 5. The molecule has 1 atom stereocenters. The van der Waals surface area contributed by atoms with Gasteiger partial charge in [0.2, 0.25) is 15.9 Å². The summed E-state index contributed by atoms with van der Waals surface area (Å²) in [5.74, 6) is -1.10. The maximum atomic E-state index is 13.6. The highest BCUT2D eigenvalue weighted by Gasteiger charge is 2.24. The summed E-state index contributed by atoms with van der Waals surface area (Å²) >= 11 is 0. The van der Waals surface area contributed by atoms with Crippen molar-refractivity contribution in [2.24, 2.45) is 0 Å². The number of nitrogens with one attached hydrogen (secondary N) is 3. The lowest BCUT2D eigenvalue weighted by Crippen LogP contribution is -2.41. The Morgan fingerprint density at radius 2 is 2.05 bits per heavy atom. The number of carbonyl (C=O) groups is 1. The Labute approximate surface area is 127 Å². The fraction of sp³-hybridized carbons (Fsp3) is 0.231. The number of sulfonamides is 1. The van der Waals surface area contributed by atoms with Crippen LogP contribution >= 0.6 is 0 Å². The molecule has 9 heteroatoms. The zero-order valence-corrected chi connectivity index (χ0v) is 12.7. The number of H-pyrrole nitrogens is 1. The van der Waals surface area contributed by atoms with E-state index < -0.39 is 32.7 Å². The highest BCUT2D eigenvalue weighted by molar-refractivity contribution is 7.89. The largest absolute Gasteiger partial charge is 0.309 e. The van der Waals surface area contributed by atoms with Crippen LogP contribution in [0.4, 0.5) is 10.2 Å². The number of anilines is 1. The molecule has 118 valence electrons. The Morgan fingerprint density at radius 3 is 2.64 bits per heavy atom. The van der Waals surface area contributed by atoms with Crippen LogP contribution in [0.3, 0.4) is 0 Å². The van der Waals surface area contributed by atoms with Crippen LogP contribution in [0.5, 0.6) is 0 Å². The summed E-state index contributed by atoms with van der Waals surface area (Å²) in [6.45, 7) is 3.09. The summed E-state index contributed by atoms with van der Waals surface area (Å²) in [6, 6.07) is 3.85. The van der Waals surface area contributed by atoms with Gasteiger partial charge in [0.05, 0.1) is 12.2 Å². The van der Waals surface area contributed by atoms with Crippen LogP contribution < -0.4 is 10.0 Å². The molecule has 2 rings (SSSR count). The van der Waals surface area contributed by atoms with Crippen LogP contribution in [0, 0.1) is 12.7 Å². The maximum Gasteiger partial charge on any atom is 0.244 e. The maximum absolute atomic E-state index is 13.6. The minimum atomic E-state index is -4.14. The Balaban J connectivity index is 2.11. The molecular weight excluding hydrogens is 311 g/mol. The molecule has 1 aromatic carbocycles. The topological polar surface area (TPSA) is 104 Å². The van der Waals surface area contributed by atoms with Crippen molar-refractivity contribution in [1.29, 1.82) is 0 Å². The fourth-order valence-electron chi connectivity index (χ4n) is 1.72. The van der Waals surface area contributed by atoms with Crippen molar-refractivity contribution < 1.29 is 17.6 Å². The number of halogens is 1. The van der Waals surface area contributed by atoms with Gasteiger partial charge in [-0.05, 0) is 26.0 Å². The van der Waals surface area contributed by atoms with Crippen LogP contribution in [-0.4, -0.2) is 30.6 Å². The van der Waals surface area contributed by atoms with Gasteiger partial charge in [-0.15, -0.1) is 0 Å². The minimum absolute atomic E-state index is 0.377. The van der Waals surface area contributed by atoms with Crippen molar-refractivity contribution >= 4 is 21.7 Å². The van der Waals surface area contributed by atoms with Gasteiger partial charge in [0.1, 0.15) is 16.5 Å². The van der Waals surface area contributed by atoms with Crippen LogP contribution in [0.2, 0.25) is 0 Å². The van der Waals surface area contributed by atoms with E-state index >= 15 is 0 Å². The number of nitrogens with zero attached hydrogens (tertiary/aromatic N) is 1. The van der Waals surface area contributed by atoms with E-state index in [0.29, 0.717) is 11.4 Å². The monoisotopic (exact) mass is 326 g/mol. The normalized spacial score (nSPS) is 12.9. The van der Waals surface area contributed by atoms with E-state index in [9.17, 15) is 17.6 Å². The molecule has 0 saturated carbocycles. The average molecular weight is 326 g/mol. The van der Waals surface area contributed by atoms with Gasteiger partial charge in [-0.3, -0.25) is 9.89 Å². The molecule has 0 aliphatic carbocycles. The number of amides is 1. The molecule has 0 fully saturated rings. The van der Waals surface area contributed by atoms with Gasteiger partial charge in [-0.25, -0.2) is 12.8 Å². The minimum Gasteiger partial charge on any atom is -0.309 e. The van der Waals surface area contributed by atoms with Gasteiger partial charge < -0.3 is 5.32 Å². The van der Waals surface area contributed by atoms with Crippen molar-refractivity contribution in [3.05, 3.63) is 41.8 Å². The molecule has 22 heavy (non-hydrogen) atoms. The van der Waals surface area contributed by atoms with Gasteiger partial charge >= 0.3 is 0 Å². The molecular formula is C13H15FN4O3S. The first kappa shape index (κ1) is 16.1. The Bertz CT molecular complexity index is 788. The average Bonchev–Trinajstić information content (AvgIpc) is 2.84. The first-order valence-corrected chi connectivity index (χ1v) is 7.87. The lowest BCUT2D eigenvalue weighted by atomic mass is 10.3. The van der Waals surface area contributed by atoms with Crippen LogP contribution in [-0.2, 0) is 14.8 Å². The van der Waals surface area contributed by atoms with Gasteiger partial charge in [-0.2, -0.15) is 9.82 Å². The number of carbonyl (C=O) groups excluding carboxylic acids is 1. The highest BCUT2D eigenvalue weighted by atomic mass is 32.2. The predicted octanol–water partition coefficient (Wildman–Crippen LogP) is 1.16. The smallest absolute Gasteiger partial charge is 0.244 e. The molecule has 0 aliphatic rings. The van der Waals surface area contributed by atoms with E-state index in [2.05, 4.69) is 20.2 Å². The second-order valence-electron chi connectivity index (χ2n) is 4.69. The van der Waals surface area contributed by atoms with Crippen LogP contribution in [0.25, 0.3) is 0 Å². The Kier molecular flexibility index (Phi) is 4.57.